The summed E-state index contributed by atoms with van der Waals surface area (Å²) < 4.78 is 16.6. The molecule has 0 aromatic rings. The Morgan fingerprint density at radius 3 is 2.25 bits per heavy atom. The monoisotopic (exact) mass is 450 g/mol. The van der Waals surface area contributed by atoms with E-state index < -0.39 is 16.9 Å². The number of methoxy groups -OCH3 is 1. The summed E-state index contributed by atoms with van der Waals surface area (Å²) in [5.41, 5.74) is -1.81. The van der Waals surface area contributed by atoms with Crippen molar-refractivity contribution in [3.63, 3.8) is 0 Å². The molecule has 0 saturated heterocycles. The first-order valence-corrected chi connectivity index (χ1v) is 12.1. The summed E-state index contributed by atoms with van der Waals surface area (Å²) in [5.74, 6) is -0.954. The molecule has 4 aliphatic rings. The summed E-state index contributed by atoms with van der Waals surface area (Å²) in [6, 6.07) is 0. The van der Waals surface area contributed by atoms with E-state index in [9.17, 15) is 19.5 Å². The predicted octanol–water partition coefficient (Wildman–Crippen LogP) is 3.41. The Morgan fingerprint density at radius 1 is 0.938 bits per heavy atom. The average molecular weight is 451 g/mol. The van der Waals surface area contributed by atoms with Crippen molar-refractivity contribution >= 4 is 17.9 Å². The Morgan fingerprint density at radius 2 is 1.62 bits per heavy atom. The van der Waals surface area contributed by atoms with Crippen LogP contribution in [0.25, 0.3) is 0 Å². The molecule has 4 rings (SSSR count). The number of hydrogen-bond donors (Lipinski definition) is 1. The van der Waals surface area contributed by atoms with E-state index in [0.29, 0.717) is 25.2 Å². The molecule has 4 aliphatic carbocycles. The van der Waals surface area contributed by atoms with E-state index in [1.165, 1.54) is 21.0 Å². The van der Waals surface area contributed by atoms with Gasteiger partial charge < -0.3 is 19.3 Å². The fourth-order valence-electron chi connectivity index (χ4n) is 8.44. The number of ether oxygens (including phenoxy) is 3. The summed E-state index contributed by atoms with van der Waals surface area (Å²) in [5, 5.41) is 12.2. The highest BCUT2D eigenvalue weighted by Crippen LogP contribution is 2.69. The molecule has 0 bridgehead atoms. The molecular formula is C25H38O7. The summed E-state index contributed by atoms with van der Waals surface area (Å²) in [7, 11) is 1.39. The van der Waals surface area contributed by atoms with E-state index in [1.54, 1.807) is 0 Å². The fraction of sp³-hybridized carbons (Fsp3) is 0.880. The highest BCUT2D eigenvalue weighted by Gasteiger charge is 2.71. The lowest BCUT2D eigenvalue weighted by atomic mass is 9.42. The van der Waals surface area contributed by atoms with Gasteiger partial charge in [-0.3, -0.25) is 14.4 Å². The third-order valence-corrected chi connectivity index (χ3v) is 9.85. The van der Waals surface area contributed by atoms with Crippen molar-refractivity contribution in [3.8, 4) is 0 Å². The van der Waals surface area contributed by atoms with Crippen molar-refractivity contribution in [2.24, 2.45) is 34.5 Å². The zero-order valence-electron chi connectivity index (χ0n) is 20.0. The maximum atomic E-state index is 12.6. The molecule has 0 aromatic carbocycles. The zero-order chi connectivity index (χ0) is 23.5. The van der Waals surface area contributed by atoms with Crippen molar-refractivity contribution in [2.45, 2.75) is 96.9 Å². The second-order valence-corrected chi connectivity index (χ2v) is 11.2. The van der Waals surface area contributed by atoms with Gasteiger partial charge >= 0.3 is 17.9 Å². The van der Waals surface area contributed by atoms with Crippen LogP contribution in [0.3, 0.4) is 0 Å². The number of esters is 3. The lowest BCUT2D eigenvalue weighted by Crippen LogP contribution is -2.67. The number of hydrogen-bond acceptors (Lipinski definition) is 7. The van der Waals surface area contributed by atoms with Crippen LogP contribution < -0.4 is 0 Å². The summed E-state index contributed by atoms with van der Waals surface area (Å²) in [4.78, 5) is 36.3. The Labute approximate surface area is 190 Å². The fourth-order valence-corrected chi connectivity index (χ4v) is 8.44. The molecular weight excluding hydrogens is 412 g/mol. The van der Waals surface area contributed by atoms with Crippen LogP contribution in [0.15, 0.2) is 0 Å². The van der Waals surface area contributed by atoms with Gasteiger partial charge in [0.25, 0.3) is 0 Å². The van der Waals surface area contributed by atoms with E-state index in [0.717, 1.165) is 32.1 Å². The van der Waals surface area contributed by atoms with Crippen LogP contribution in [0.1, 0.15) is 79.1 Å². The number of fused-ring (bicyclic) bond motifs is 5. The second-order valence-electron chi connectivity index (χ2n) is 11.2. The molecule has 7 nitrogen and oxygen atoms in total. The number of aliphatic hydroxyl groups is 1. The minimum Gasteiger partial charge on any atom is -0.469 e. The third-order valence-electron chi connectivity index (χ3n) is 9.85. The van der Waals surface area contributed by atoms with Gasteiger partial charge in [0, 0.05) is 25.2 Å². The van der Waals surface area contributed by atoms with Crippen LogP contribution >= 0.6 is 0 Å². The molecule has 0 spiro atoms. The van der Waals surface area contributed by atoms with Crippen molar-refractivity contribution in [2.75, 3.05) is 7.11 Å². The largest absolute Gasteiger partial charge is 0.469 e. The van der Waals surface area contributed by atoms with Crippen molar-refractivity contribution in [1.29, 1.82) is 0 Å². The molecule has 0 radical (unpaired) electrons. The summed E-state index contributed by atoms with van der Waals surface area (Å²) in [6.07, 6.45) is 5.39. The first-order chi connectivity index (χ1) is 15.0. The average Bonchev–Trinajstić information content (AvgIpc) is 2.98. The SMILES string of the molecule is COC(=O)[C@H]1CC[C@]2(O)C3CCC4C[C@@H](OC(C)=O)CC[C@]4(C)C3[C@H](OC(C)=O)C[C@]12C. The van der Waals surface area contributed by atoms with Crippen LogP contribution in [0.5, 0.6) is 0 Å². The molecule has 3 unspecified atom stereocenters. The zero-order valence-corrected chi connectivity index (χ0v) is 20.0. The lowest BCUT2D eigenvalue weighted by molar-refractivity contribution is -0.250. The maximum absolute atomic E-state index is 12.6. The number of rotatable bonds is 3. The van der Waals surface area contributed by atoms with E-state index in [-0.39, 0.29) is 47.4 Å². The smallest absolute Gasteiger partial charge is 0.309 e. The summed E-state index contributed by atoms with van der Waals surface area (Å²) >= 11 is 0. The molecule has 4 saturated carbocycles. The Kier molecular flexibility index (Phi) is 5.88. The van der Waals surface area contributed by atoms with Crippen molar-refractivity contribution in [3.05, 3.63) is 0 Å². The van der Waals surface area contributed by atoms with Crippen LogP contribution in [-0.2, 0) is 28.6 Å². The number of carbonyl (C=O) groups is 3. The first-order valence-electron chi connectivity index (χ1n) is 12.1. The van der Waals surface area contributed by atoms with Gasteiger partial charge in [-0.05, 0) is 68.6 Å². The predicted molar refractivity (Wildman–Crippen MR) is 115 cm³/mol. The number of carbonyl (C=O) groups excluding carboxylic acids is 3. The van der Waals surface area contributed by atoms with Crippen molar-refractivity contribution < 1.29 is 33.7 Å². The Hall–Kier alpha value is -1.63. The highest BCUT2D eigenvalue weighted by atomic mass is 16.5. The molecule has 0 aromatic heterocycles. The minimum absolute atomic E-state index is 0.0119. The van der Waals surface area contributed by atoms with Crippen LogP contribution in [0, 0.1) is 34.5 Å². The van der Waals surface area contributed by atoms with Gasteiger partial charge in [-0.2, -0.15) is 0 Å². The van der Waals surface area contributed by atoms with Crippen LogP contribution in [0.4, 0.5) is 0 Å². The Bertz CT molecular complexity index is 795. The van der Waals surface area contributed by atoms with Gasteiger partial charge in [0.1, 0.15) is 12.2 Å². The van der Waals surface area contributed by atoms with E-state index >= 15 is 0 Å². The normalized spacial score (nSPS) is 47.4. The first kappa shape index (κ1) is 23.5. The molecule has 0 heterocycles. The second kappa shape index (κ2) is 8.00. The topological polar surface area (TPSA) is 99.1 Å². The Balaban J connectivity index is 1.70. The molecule has 1 N–H and O–H groups in total. The van der Waals surface area contributed by atoms with Gasteiger partial charge in [0.05, 0.1) is 18.6 Å². The molecule has 0 amide bonds. The molecule has 180 valence electrons. The van der Waals surface area contributed by atoms with Gasteiger partial charge in [-0.25, -0.2) is 0 Å². The molecule has 9 atom stereocenters. The van der Waals surface area contributed by atoms with Gasteiger partial charge in [-0.1, -0.05) is 13.8 Å². The van der Waals surface area contributed by atoms with Gasteiger partial charge in [0.2, 0.25) is 0 Å². The molecule has 4 fully saturated rings. The maximum Gasteiger partial charge on any atom is 0.309 e. The van der Waals surface area contributed by atoms with E-state index in [2.05, 4.69) is 6.92 Å². The molecule has 0 aliphatic heterocycles. The van der Waals surface area contributed by atoms with Gasteiger partial charge in [0.15, 0.2) is 0 Å². The highest BCUT2D eigenvalue weighted by molar-refractivity contribution is 5.74. The standard InChI is InChI=1S/C25H38O7/c1-14(26)31-17-8-10-23(3)16(12-17)6-7-18-21(23)20(32-15(2)27)13-24(4)19(22(28)30-5)9-11-25(18,24)29/h16-21,29H,6-13H2,1-5H3/t16?,17-,18?,19+,20+,21?,23-,24+,25-/m0/s1. The van der Waals surface area contributed by atoms with Crippen LogP contribution in [-0.4, -0.2) is 47.9 Å². The molecule has 7 heteroatoms. The van der Waals surface area contributed by atoms with Crippen LogP contribution in [0.2, 0.25) is 0 Å². The van der Waals surface area contributed by atoms with Gasteiger partial charge in [-0.15, -0.1) is 0 Å². The lowest BCUT2D eigenvalue weighted by Gasteiger charge is -2.65. The van der Waals surface area contributed by atoms with Crippen molar-refractivity contribution in [1.82, 2.24) is 0 Å². The van der Waals surface area contributed by atoms with E-state index in [1.807, 2.05) is 6.92 Å². The minimum atomic E-state index is -0.992. The van der Waals surface area contributed by atoms with E-state index in [4.69, 9.17) is 14.2 Å². The summed E-state index contributed by atoms with van der Waals surface area (Å²) in [6.45, 7) is 7.15. The molecule has 32 heavy (non-hydrogen) atoms. The third kappa shape index (κ3) is 3.37. The quantitative estimate of drug-likeness (QED) is 0.520.